The van der Waals surface area contributed by atoms with Crippen LogP contribution in [0.2, 0.25) is 0 Å². The van der Waals surface area contributed by atoms with Crippen molar-refractivity contribution in [1.82, 2.24) is 19.6 Å². The predicted octanol–water partition coefficient (Wildman–Crippen LogP) is 2.92. The van der Waals surface area contributed by atoms with Crippen LogP contribution in [0.15, 0.2) is 36.8 Å². The largest absolute Gasteiger partial charge is 0.478 e. The highest BCUT2D eigenvalue weighted by Crippen LogP contribution is 2.26. The molecule has 0 unspecified atom stereocenters. The summed E-state index contributed by atoms with van der Waals surface area (Å²) >= 11 is 0. The Hall–Kier alpha value is -3.16. The minimum Gasteiger partial charge on any atom is -0.478 e. The minimum atomic E-state index is -0.988. The fourth-order valence-corrected chi connectivity index (χ4v) is 3.12. The second kappa shape index (κ2) is 6.39. The van der Waals surface area contributed by atoms with Gasteiger partial charge in [-0.25, -0.2) is 19.3 Å². The molecule has 8 heteroatoms. The highest BCUT2D eigenvalue weighted by molar-refractivity contribution is 5.94. The van der Waals surface area contributed by atoms with Gasteiger partial charge in [0.05, 0.1) is 11.9 Å². The Labute approximate surface area is 143 Å². The lowest BCUT2D eigenvalue weighted by molar-refractivity contribution is 0.0697. The third-order valence-electron chi connectivity index (χ3n) is 4.36. The van der Waals surface area contributed by atoms with Crippen LogP contribution < -0.4 is 10.6 Å². The Balaban J connectivity index is 1.61. The SMILES string of the molecule is O=C(O)c1cnc(Nc2ccn3nccc3n2)cc1NC1CCCC1. The molecule has 0 aliphatic heterocycles. The molecule has 0 saturated heterocycles. The molecular formula is C17H18N6O2. The van der Waals surface area contributed by atoms with Crippen LogP contribution >= 0.6 is 0 Å². The van der Waals surface area contributed by atoms with Crippen molar-refractivity contribution < 1.29 is 9.90 Å². The predicted molar refractivity (Wildman–Crippen MR) is 93.3 cm³/mol. The van der Waals surface area contributed by atoms with E-state index < -0.39 is 5.97 Å². The van der Waals surface area contributed by atoms with Gasteiger partial charge in [-0.3, -0.25) is 0 Å². The van der Waals surface area contributed by atoms with Crippen LogP contribution in [0.4, 0.5) is 17.3 Å². The molecule has 3 aromatic rings. The summed E-state index contributed by atoms with van der Waals surface area (Å²) in [4.78, 5) is 20.1. The molecule has 0 bridgehead atoms. The number of carboxylic acid groups (broad SMARTS) is 1. The first kappa shape index (κ1) is 15.4. The van der Waals surface area contributed by atoms with Gasteiger partial charge in [-0.1, -0.05) is 12.8 Å². The number of nitrogens with zero attached hydrogens (tertiary/aromatic N) is 4. The molecule has 128 valence electrons. The van der Waals surface area contributed by atoms with Crippen LogP contribution in [-0.2, 0) is 0 Å². The molecule has 3 N–H and O–H groups in total. The summed E-state index contributed by atoms with van der Waals surface area (Å²) < 4.78 is 1.67. The standard InChI is InChI=1S/C17H18N6O2/c24-17(25)12-10-18-15(9-13(12)20-11-3-1-2-4-11)21-14-6-8-23-16(22-14)5-7-19-23/h5-11H,1-4H2,(H,24,25)(H2,18,20,21,22). The number of fused-ring (bicyclic) bond motifs is 1. The number of anilines is 3. The number of nitrogens with one attached hydrogen (secondary N) is 2. The van der Waals surface area contributed by atoms with Gasteiger partial charge in [0.2, 0.25) is 0 Å². The summed E-state index contributed by atoms with van der Waals surface area (Å²) in [7, 11) is 0. The van der Waals surface area contributed by atoms with Crippen LogP contribution in [0.5, 0.6) is 0 Å². The second-order valence-corrected chi connectivity index (χ2v) is 6.12. The van der Waals surface area contributed by atoms with Gasteiger partial charge in [0.1, 0.15) is 17.2 Å². The fourth-order valence-electron chi connectivity index (χ4n) is 3.12. The quantitative estimate of drug-likeness (QED) is 0.657. The molecule has 0 radical (unpaired) electrons. The van der Waals surface area contributed by atoms with Crippen LogP contribution in [0.3, 0.4) is 0 Å². The number of hydrogen-bond acceptors (Lipinski definition) is 6. The van der Waals surface area contributed by atoms with Gasteiger partial charge in [0.25, 0.3) is 0 Å². The van der Waals surface area contributed by atoms with Crippen molar-refractivity contribution in [1.29, 1.82) is 0 Å². The topological polar surface area (TPSA) is 104 Å². The Morgan fingerprint density at radius 2 is 2.08 bits per heavy atom. The smallest absolute Gasteiger partial charge is 0.339 e. The first-order valence-corrected chi connectivity index (χ1v) is 8.26. The van der Waals surface area contributed by atoms with Crippen LogP contribution in [0, 0.1) is 0 Å². The summed E-state index contributed by atoms with van der Waals surface area (Å²) in [5, 5.41) is 20.0. The molecule has 0 spiro atoms. The first-order valence-electron chi connectivity index (χ1n) is 8.26. The maximum atomic E-state index is 11.5. The minimum absolute atomic E-state index is 0.177. The lowest BCUT2D eigenvalue weighted by Gasteiger charge is -2.16. The molecule has 4 rings (SSSR count). The van der Waals surface area contributed by atoms with E-state index in [2.05, 4.69) is 25.7 Å². The molecule has 25 heavy (non-hydrogen) atoms. The van der Waals surface area contributed by atoms with Gasteiger partial charge in [-0.05, 0) is 18.9 Å². The lowest BCUT2D eigenvalue weighted by Crippen LogP contribution is -2.17. The summed E-state index contributed by atoms with van der Waals surface area (Å²) in [6.07, 6.45) is 9.31. The molecule has 0 aromatic carbocycles. The van der Waals surface area contributed by atoms with E-state index in [0.29, 0.717) is 23.4 Å². The number of aromatic nitrogens is 4. The van der Waals surface area contributed by atoms with Crippen molar-refractivity contribution in [3.8, 4) is 0 Å². The van der Waals surface area contributed by atoms with Crippen LogP contribution in [-0.4, -0.2) is 36.7 Å². The zero-order valence-corrected chi connectivity index (χ0v) is 13.5. The second-order valence-electron chi connectivity index (χ2n) is 6.12. The third-order valence-corrected chi connectivity index (χ3v) is 4.36. The van der Waals surface area contributed by atoms with E-state index >= 15 is 0 Å². The highest BCUT2D eigenvalue weighted by atomic mass is 16.4. The van der Waals surface area contributed by atoms with Gasteiger partial charge < -0.3 is 15.7 Å². The van der Waals surface area contributed by atoms with E-state index in [0.717, 1.165) is 18.5 Å². The number of carboxylic acids is 1. The normalized spacial score (nSPS) is 14.7. The van der Waals surface area contributed by atoms with Gasteiger partial charge in [0, 0.05) is 30.6 Å². The maximum Gasteiger partial charge on any atom is 0.339 e. The fraction of sp³-hybridized carbons (Fsp3) is 0.294. The summed E-state index contributed by atoms with van der Waals surface area (Å²) in [6, 6.07) is 5.63. The van der Waals surface area contributed by atoms with E-state index in [4.69, 9.17) is 0 Å². The highest BCUT2D eigenvalue weighted by Gasteiger charge is 2.19. The van der Waals surface area contributed by atoms with E-state index in [1.54, 1.807) is 35.1 Å². The van der Waals surface area contributed by atoms with Gasteiger partial charge in [-0.15, -0.1) is 0 Å². The van der Waals surface area contributed by atoms with Crippen molar-refractivity contribution >= 4 is 28.9 Å². The van der Waals surface area contributed by atoms with Crippen LogP contribution in [0.25, 0.3) is 5.65 Å². The van der Waals surface area contributed by atoms with Gasteiger partial charge >= 0.3 is 5.97 Å². The van der Waals surface area contributed by atoms with Crippen molar-refractivity contribution in [3.63, 3.8) is 0 Å². The first-order chi connectivity index (χ1) is 12.2. The van der Waals surface area contributed by atoms with Crippen molar-refractivity contribution in [2.24, 2.45) is 0 Å². The molecule has 1 aliphatic carbocycles. The Morgan fingerprint density at radius 1 is 1.24 bits per heavy atom. The molecule has 0 atom stereocenters. The summed E-state index contributed by atoms with van der Waals surface area (Å²) in [5.74, 6) is 0.176. The number of pyridine rings is 1. The molecule has 3 aromatic heterocycles. The molecular weight excluding hydrogens is 320 g/mol. The Bertz CT molecular complexity index is 916. The molecule has 0 amide bonds. The Morgan fingerprint density at radius 3 is 2.88 bits per heavy atom. The maximum absolute atomic E-state index is 11.5. The lowest BCUT2D eigenvalue weighted by atomic mass is 10.2. The molecule has 8 nitrogen and oxygen atoms in total. The van der Waals surface area contributed by atoms with Crippen LogP contribution in [0.1, 0.15) is 36.0 Å². The molecule has 1 fully saturated rings. The van der Waals surface area contributed by atoms with E-state index in [1.165, 1.54) is 19.0 Å². The van der Waals surface area contributed by atoms with Gasteiger partial charge in [0.15, 0.2) is 5.65 Å². The van der Waals surface area contributed by atoms with E-state index in [-0.39, 0.29) is 5.56 Å². The van der Waals surface area contributed by atoms with Gasteiger partial charge in [-0.2, -0.15) is 5.10 Å². The number of aromatic carboxylic acids is 1. The zero-order chi connectivity index (χ0) is 17.2. The van der Waals surface area contributed by atoms with E-state index in [9.17, 15) is 9.90 Å². The molecule has 3 heterocycles. The molecule has 1 aliphatic rings. The summed E-state index contributed by atoms with van der Waals surface area (Å²) in [6.45, 7) is 0. The molecule has 1 saturated carbocycles. The monoisotopic (exact) mass is 338 g/mol. The summed E-state index contributed by atoms with van der Waals surface area (Å²) in [5.41, 5.74) is 1.48. The Kier molecular flexibility index (Phi) is 3.93. The van der Waals surface area contributed by atoms with Crippen molar-refractivity contribution in [3.05, 3.63) is 42.4 Å². The zero-order valence-electron chi connectivity index (χ0n) is 13.5. The number of carbonyl (C=O) groups is 1. The van der Waals surface area contributed by atoms with E-state index in [1.807, 2.05) is 0 Å². The van der Waals surface area contributed by atoms with Crippen molar-refractivity contribution in [2.75, 3.05) is 10.6 Å². The average molecular weight is 338 g/mol. The number of hydrogen-bond donors (Lipinski definition) is 3. The average Bonchev–Trinajstić information content (AvgIpc) is 3.26. The number of rotatable bonds is 5. The van der Waals surface area contributed by atoms with Crippen molar-refractivity contribution in [2.45, 2.75) is 31.7 Å². The third kappa shape index (κ3) is 3.23.